The third-order valence-electron chi connectivity index (χ3n) is 12.4. The van der Waals surface area contributed by atoms with E-state index in [2.05, 4.69) is 57.6 Å². The Hall–Kier alpha value is -5.24. The summed E-state index contributed by atoms with van der Waals surface area (Å²) < 4.78 is 5.74. The third-order valence-corrected chi connectivity index (χ3v) is 12.4. The van der Waals surface area contributed by atoms with Crippen LogP contribution in [0.15, 0.2) is 140 Å². The van der Waals surface area contributed by atoms with Gasteiger partial charge in [-0.05, 0) is 77.1 Å². The average Bonchev–Trinajstić information content (AvgIpc) is 4.01. The summed E-state index contributed by atoms with van der Waals surface area (Å²) in [6.07, 6.45) is 3.63. The van der Waals surface area contributed by atoms with E-state index in [1.165, 1.54) is 11.1 Å². The van der Waals surface area contributed by atoms with E-state index in [0.29, 0.717) is 13.2 Å². The molecule has 3 aliphatic rings. The van der Waals surface area contributed by atoms with Gasteiger partial charge in [-0.15, -0.1) is 0 Å². The SMILES string of the molecule is NC(=O)C(c1ccccc1)(c1ccccc1)C1CCN(CNC(=O)C(c2ccccc2)(c2ccccc2)C2CCN(CCc3ccc4c(c3)CCO4)C2)C1. The number of nitrogens with one attached hydrogen (secondary N) is 1. The molecular weight excluding hydrogens is 669 g/mol. The fourth-order valence-electron chi connectivity index (χ4n) is 9.74. The van der Waals surface area contributed by atoms with Crippen molar-refractivity contribution in [3.05, 3.63) is 173 Å². The van der Waals surface area contributed by atoms with Crippen LogP contribution in [-0.4, -0.2) is 67.6 Å². The smallest absolute Gasteiger partial charge is 0.236 e. The highest BCUT2D eigenvalue weighted by Crippen LogP contribution is 2.46. The number of carbonyl (C=O) groups is 2. The second kappa shape index (κ2) is 15.6. The fourth-order valence-corrected chi connectivity index (χ4v) is 9.74. The average molecular weight is 719 g/mol. The number of rotatable bonds is 13. The van der Waals surface area contributed by atoms with E-state index in [-0.39, 0.29) is 23.7 Å². The summed E-state index contributed by atoms with van der Waals surface area (Å²) in [5.74, 6) is 0.692. The monoisotopic (exact) mass is 718 g/mol. The molecule has 2 atom stereocenters. The largest absolute Gasteiger partial charge is 0.493 e. The lowest BCUT2D eigenvalue weighted by molar-refractivity contribution is -0.128. The van der Waals surface area contributed by atoms with Crippen LogP contribution in [0, 0.1) is 11.8 Å². The number of hydrogen-bond acceptors (Lipinski definition) is 5. The van der Waals surface area contributed by atoms with E-state index in [9.17, 15) is 4.79 Å². The molecule has 2 saturated heterocycles. The van der Waals surface area contributed by atoms with E-state index >= 15 is 4.79 Å². The number of primary amides is 1. The molecule has 0 saturated carbocycles. The first-order valence-electron chi connectivity index (χ1n) is 19.5. The summed E-state index contributed by atoms with van der Waals surface area (Å²) in [5, 5.41) is 3.46. The number of likely N-dealkylation sites (tertiary alicyclic amines) is 2. The lowest BCUT2D eigenvalue weighted by atomic mass is 9.64. The highest BCUT2D eigenvalue weighted by molar-refractivity contribution is 5.93. The van der Waals surface area contributed by atoms with Gasteiger partial charge in [0.05, 0.1) is 13.3 Å². The highest BCUT2D eigenvalue weighted by atomic mass is 16.5. The Morgan fingerprint density at radius 3 is 1.72 bits per heavy atom. The van der Waals surface area contributed by atoms with Gasteiger partial charge in [0.2, 0.25) is 11.8 Å². The number of hydrogen-bond donors (Lipinski definition) is 2. The zero-order chi connectivity index (χ0) is 37.0. The number of nitrogens with zero attached hydrogens (tertiary/aromatic N) is 2. The number of ether oxygens (including phenoxy) is 1. The molecule has 3 N–H and O–H groups in total. The topological polar surface area (TPSA) is 87.9 Å². The van der Waals surface area contributed by atoms with Crippen molar-refractivity contribution in [1.82, 2.24) is 15.1 Å². The molecule has 276 valence electrons. The molecule has 0 spiro atoms. The van der Waals surface area contributed by atoms with Crippen molar-refractivity contribution in [1.29, 1.82) is 0 Å². The maximum absolute atomic E-state index is 15.2. The zero-order valence-electron chi connectivity index (χ0n) is 30.9. The second-order valence-electron chi connectivity index (χ2n) is 15.2. The molecule has 5 aromatic rings. The summed E-state index contributed by atoms with van der Waals surface area (Å²) in [7, 11) is 0. The van der Waals surface area contributed by atoms with Crippen LogP contribution in [0.3, 0.4) is 0 Å². The zero-order valence-corrected chi connectivity index (χ0v) is 30.9. The Bertz CT molecular complexity index is 1960. The fraction of sp³-hybridized carbons (Fsp3) is 0.319. The van der Waals surface area contributed by atoms with Crippen LogP contribution >= 0.6 is 0 Å². The van der Waals surface area contributed by atoms with Crippen LogP contribution in [-0.2, 0) is 33.3 Å². The van der Waals surface area contributed by atoms with Gasteiger partial charge < -0.3 is 20.7 Å². The molecule has 2 unspecified atom stereocenters. The molecule has 7 heteroatoms. The number of amides is 2. The molecule has 2 amide bonds. The van der Waals surface area contributed by atoms with Crippen LogP contribution in [0.2, 0.25) is 0 Å². The summed E-state index contributed by atoms with van der Waals surface area (Å²) >= 11 is 0. The molecule has 54 heavy (non-hydrogen) atoms. The van der Waals surface area contributed by atoms with E-state index in [0.717, 1.165) is 86.5 Å². The molecule has 0 bridgehead atoms. The van der Waals surface area contributed by atoms with Gasteiger partial charge >= 0.3 is 0 Å². The van der Waals surface area contributed by atoms with Crippen LogP contribution in [0.4, 0.5) is 0 Å². The molecule has 5 aromatic carbocycles. The molecule has 2 fully saturated rings. The van der Waals surface area contributed by atoms with Crippen molar-refractivity contribution in [3.63, 3.8) is 0 Å². The Morgan fingerprint density at radius 2 is 1.17 bits per heavy atom. The lowest BCUT2D eigenvalue weighted by Gasteiger charge is -2.40. The summed E-state index contributed by atoms with van der Waals surface area (Å²) in [5.41, 5.74) is 11.0. The van der Waals surface area contributed by atoms with E-state index < -0.39 is 10.8 Å². The number of benzene rings is 5. The maximum atomic E-state index is 15.2. The van der Waals surface area contributed by atoms with Crippen LogP contribution in [0.1, 0.15) is 46.2 Å². The second-order valence-corrected chi connectivity index (χ2v) is 15.2. The summed E-state index contributed by atoms with van der Waals surface area (Å²) in [4.78, 5) is 33.7. The summed E-state index contributed by atoms with van der Waals surface area (Å²) in [6.45, 7) is 5.23. The van der Waals surface area contributed by atoms with E-state index in [4.69, 9.17) is 10.5 Å². The lowest BCUT2D eigenvalue weighted by Crippen LogP contribution is -2.53. The Morgan fingerprint density at radius 1 is 0.667 bits per heavy atom. The highest BCUT2D eigenvalue weighted by Gasteiger charge is 2.52. The quantitative estimate of drug-likeness (QED) is 0.149. The van der Waals surface area contributed by atoms with Gasteiger partial charge in [-0.2, -0.15) is 0 Å². The van der Waals surface area contributed by atoms with Crippen LogP contribution < -0.4 is 15.8 Å². The van der Waals surface area contributed by atoms with Crippen LogP contribution in [0.5, 0.6) is 5.75 Å². The normalized spacial score (nSPS) is 19.0. The molecular formula is C47H50N4O3. The van der Waals surface area contributed by atoms with Gasteiger partial charge in [0, 0.05) is 32.6 Å². The van der Waals surface area contributed by atoms with Gasteiger partial charge in [0.15, 0.2) is 0 Å². The number of nitrogens with two attached hydrogens (primary N) is 1. The maximum Gasteiger partial charge on any atom is 0.236 e. The van der Waals surface area contributed by atoms with Crippen molar-refractivity contribution >= 4 is 11.8 Å². The first-order chi connectivity index (χ1) is 26.5. The minimum Gasteiger partial charge on any atom is -0.493 e. The van der Waals surface area contributed by atoms with Crippen molar-refractivity contribution in [3.8, 4) is 5.75 Å². The minimum atomic E-state index is -0.986. The van der Waals surface area contributed by atoms with Gasteiger partial charge in [0.1, 0.15) is 16.6 Å². The number of carbonyl (C=O) groups excluding carboxylic acids is 2. The predicted octanol–water partition coefficient (Wildman–Crippen LogP) is 6.34. The molecule has 8 rings (SSSR count). The van der Waals surface area contributed by atoms with Gasteiger partial charge in [-0.25, -0.2) is 0 Å². The molecule has 0 radical (unpaired) electrons. The van der Waals surface area contributed by atoms with Crippen LogP contribution in [0.25, 0.3) is 0 Å². The Labute approximate surface area is 319 Å². The predicted molar refractivity (Wildman–Crippen MR) is 213 cm³/mol. The Kier molecular flexibility index (Phi) is 10.3. The molecule has 7 nitrogen and oxygen atoms in total. The minimum absolute atomic E-state index is 0.0149. The third kappa shape index (κ3) is 6.60. The van der Waals surface area contributed by atoms with Gasteiger partial charge in [-0.1, -0.05) is 133 Å². The first kappa shape index (κ1) is 35.8. The first-order valence-corrected chi connectivity index (χ1v) is 19.5. The van der Waals surface area contributed by atoms with E-state index in [1.807, 2.05) is 97.1 Å². The Balaban J connectivity index is 1.04. The number of fused-ring (bicyclic) bond motifs is 1. The molecule has 0 aliphatic carbocycles. The summed E-state index contributed by atoms with van der Waals surface area (Å²) in [6, 6.07) is 47.2. The van der Waals surface area contributed by atoms with Crippen molar-refractivity contribution < 1.29 is 14.3 Å². The molecule has 0 aromatic heterocycles. The molecule has 3 aliphatic heterocycles. The van der Waals surface area contributed by atoms with Crippen molar-refractivity contribution in [2.24, 2.45) is 17.6 Å². The van der Waals surface area contributed by atoms with Gasteiger partial charge in [0.25, 0.3) is 0 Å². The van der Waals surface area contributed by atoms with Crippen molar-refractivity contribution in [2.45, 2.75) is 36.5 Å². The standard InChI is InChI=1S/C47H50N4O3/c48-44(52)46(37-13-5-1-6-14-37,38-15-7-2-8-16-38)41-25-29-51(33-41)34-49-45(53)47(39-17-9-3-10-18-39,40-19-11-4-12-20-40)42-24-28-50(32-42)27-23-35-21-22-43-36(31-35)26-30-54-43/h1-22,31,41-42H,23-30,32-34H2,(H2,48,52)(H,49,53). The van der Waals surface area contributed by atoms with E-state index in [1.54, 1.807) is 0 Å². The molecule has 3 heterocycles. The van der Waals surface area contributed by atoms with Crippen molar-refractivity contribution in [2.75, 3.05) is 46.0 Å². The van der Waals surface area contributed by atoms with Gasteiger partial charge in [-0.3, -0.25) is 14.5 Å².